The second-order valence-electron chi connectivity index (χ2n) is 4.52. The lowest BCUT2D eigenvalue weighted by molar-refractivity contribution is -0.149. The molecule has 1 aromatic carbocycles. The van der Waals surface area contributed by atoms with E-state index in [4.69, 9.17) is 14.7 Å². The number of hydrazone groups is 1. The zero-order valence-corrected chi connectivity index (χ0v) is 12.4. The fourth-order valence-electron chi connectivity index (χ4n) is 1.38. The van der Waals surface area contributed by atoms with Crippen molar-refractivity contribution in [3.8, 4) is 11.8 Å². The zero-order chi connectivity index (χ0) is 16.4. The fraction of sp³-hybridized carbons (Fsp3) is 0.333. The number of nitriles is 1. The van der Waals surface area contributed by atoms with Crippen LogP contribution in [0, 0.1) is 11.3 Å². The van der Waals surface area contributed by atoms with E-state index in [0.717, 1.165) is 5.56 Å². The molecule has 0 radical (unpaired) electrons. The fourth-order valence-corrected chi connectivity index (χ4v) is 1.38. The van der Waals surface area contributed by atoms with Crippen LogP contribution in [0.4, 0.5) is 0 Å². The van der Waals surface area contributed by atoms with E-state index >= 15 is 0 Å². The minimum absolute atomic E-state index is 0.157. The van der Waals surface area contributed by atoms with Crippen molar-refractivity contribution in [3.63, 3.8) is 0 Å². The van der Waals surface area contributed by atoms with E-state index in [0.29, 0.717) is 5.75 Å². The SMILES string of the molecule is CC(C)OC(=O)COc1ccc(/C=N\NC(=O)CC#N)cc1. The molecular formula is C15H17N3O4. The van der Waals surface area contributed by atoms with Crippen molar-refractivity contribution >= 4 is 18.1 Å². The predicted molar refractivity (Wildman–Crippen MR) is 79.1 cm³/mol. The van der Waals surface area contributed by atoms with Gasteiger partial charge in [-0.05, 0) is 43.7 Å². The Kier molecular flexibility index (Phi) is 7.13. The van der Waals surface area contributed by atoms with Crippen LogP contribution in [0.2, 0.25) is 0 Å². The van der Waals surface area contributed by atoms with E-state index in [1.54, 1.807) is 44.2 Å². The number of esters is 1. The molecule has 1 N–H and O–H groups in total. The van der Waals surface area contributed by atoms with E-state index in [2.05, 4.69) is 10.5 Å². The molecule has 7 heteroatoms. The normalized spacial score (nSPS) is 10.3. The number of nitrogens with zero attached hydrogens (tertiary/aromatic N) is 2. The molecule has 0 aliphatic heterocycles. The van der Waals surface area contributed by atoms with E-state index < -0.39 is 11.9 Å². The molecule has 0 aliphatic rings. The summed E-state index contributed by atoms with van der Waals surface area (Å²) in [7, 11) is 0. The summed E-state index contributed by atoms with van der Waals surface area (Å²) < 4.78 is 10.2. The van der Waals surface area contributed by atoms with Crippen molar-refractivity contribution < 1.29 is 19.1 Å². The Morgan fingerprint density at radius 2 is 2.05 bits per heavy atom. The molecular weight excluding hydrogens is 286 g/mol. The highest BCUT2D eigenvalue weighted by Gasteiger charge is 2.06. The summed E-state index contributed by atoms with van der Waals surface area (Å²) in [6.07, 6.45) is 1.02. The van der Waals surface area contributed by atoms with Crippen molar-refractivity contribution in [1.29, 1.82) is 5.26 Å². The maximum absolute atomic E-state index is 11.3. The van der Waals surface area contributed by atoms with Crippen LogP contribution in [-0.2, 0) is 14.3 Å². The average Bonchev–Trinajstić information content (AvgIpc) is 2.46. The van der Waals surface area contributed by atoms with Gasteiger partial charge in [-0.2, -0.15) is 10.4 Å². The van der Waals surface area contributed by atoms with Crippen LogP contribution in [0.3, 0.4) is 0 Å². The number of amides is 1. The van der Waals surface area contributed by atoms with Crippen LogP contribution in [-0.4, -0.2) is 30.8 Å². The van der Waals surface area contributed by atoms with Crippen LogP contribution in [0.15, 0.2) is 29.4 Å². The smallest absolute Gasteiger partial charge is 0.344 e. The molecule has 0 saturated carbocycles. The van der Waals surface area contributed by atoms with Gasteiger partial charge in [-0.1, -0.05) is 0 Å². The number of hydrogen-bond acceptors (Lipinski definition) is 6. The van der Waals surface area contributed by atoms with E-state index in [-0.39, 0.29) is 19.1 Å². The van der Waals surface area contributed by atoms with Crippen LogP contribution in [0.5, 0.6) is 5.75 Å². The van der Waals surface area contributed by atoms with Gasteiger partial charge in [0, 0.05) is 0 Å². The van der Waals surface area contributed by atoms with Gasteiger partial charge in [0.05, 0.1) is 18.4 Å². The molecule has 0 unspecified atom stereocenters. The first-order valence-corrected chi connectivity index (χ1v) is 6.62. The number of carbonyl (C=O) groups excluding carboxylic acids is 2. The van der Waals surface area contributed by atoms with Gasteiger partial charge >= 0.3 is 5.97 Å². The maximum atomic E-state index is 11.3. The second-order valence-corrected chi connectivity index (χ2v) is 4.52. The number of benzene rings is 1. The number of nitrogens with one attached hydrogen (secondary N) is 1. The molecule has 0 aromatic heterocycles. The molecule has 0 heterocycles. The molecule has 0 saturated heterocycles. The first kappa shape index (κ1) is 17.2. The van der Waals surface area contributed by atoms with Crippen molar-refractivity contribution in [2.75, 3.05) is 6.61 Å². The quantitative estimate of drug-likeness (QED) is 0.466. The Labute approximate surface area is 128 Å². The van der Waals surface area contributed by atoms with E-state index in [1.165, 1.54) is 6.21 Å². The lowest BCUT2D eigenvalue weighted by atomic mass is 10.2. The topological polar surface area (TPSA) is 101 Å². The lowest BCUT2D eigenvalue weighted by Gasteiger charge is -2.09. The Balaban J connectivity index is 2.43. The first-order chi connectivity index (χ1) is 10.5. The van der Waals surface area contributed by atoms with Crippen molar-refractivity contribution in [2.45, 2.75) is 26.4 Å². The van der Waals surface area contributed by atoms with E-state index in [1.807, 2.05) is 0 Å². The largest absolute Gasteiger partial charge is 0.482 e. The van der Waals surface area contributed by atoms with Crippen molar-refractivity contribution in [2.24, 2.45) is 5.10 Å². The van der Waals surface area contributed by atoms with Crippen LogP contribution >= 0.6 is 0 Å². The molecule has 1 rings (SSSR count). The summed E-state index contributed by atoms with van der Waals surface area (Å²) in [4.78, 5) is 22.3. The third kappa shape index (κ3) is 7.05. The Bertz CT molecular complexity index is 573. The van der Waals surface area contributed by atoms with Crippen LogP contribution in [0.25, 0.3) is 0 Å². The van der Waals surface area contributed by atoms with Crippen LogP contribution < -0.4 is 10.2 Å². The summed E-state index contributed by atoms with van der Waals surface area (Å²) in [6.45, 7) is 3.37. The summed E-state index contributed by atoms with van der Waals surface area (Å²) >= 11 is 0. The maximum Gasteiger partial charge on any atom is 0.344 e. The lowest BCUT2D eigenvalue weighted by Crippen LogP contribution is -2.18. The van der Waals surface area contributed by atoms with Gasteiger partial charge in [0.15, 0.2) is 6.61 Å². The Morgan fingerprint density at radius 1 is 1.36 bits per heavy atom. The highest BCUT2D eigenvalue weighted by atomic mass is 16.6. The Hall–Kier alpha value is -2.88. The van der Waals surface area contributed by atoms with Gasteiger partial charge in [0.1, 0.15) is 12.2 Å². The zero-order valence-electron chi connectivity index (χ0n) is 12.4. The molecule has 0 atom stereocenters. The van der Waals surface area contributed by atoms with Crippen LogP contribution in [0.1, 0.15) is 25.8 Å². The molecule has 0 spiro atoms. The second kappa shape index (κ2) is 9.13. The van der Waals surface area contributed by atoms with Gasteiger partial charge in [0.2, 0.25) is 0 Å². The highest BCUT2D eigenvalue weighted by molar-refractivity contribution is 5.83. The number of ether oxygens (including phenoxy) is 2. The minimum atomic E-state index is -0.470. The molecule has 7 nitrogen and oxygen atoms in total. The molecule has 0 aliphatic carbocycles. The third-order valence-corrected chi connectivity index (χ3v) is 2.25. The summed E-state index contributed by atoms with van der Waals surface area (Å²) in [5, 5.41) is 12.0. The average molecular weight is 303 g/mol. The summed E-state index contributed by atoms with van der Waals surface area (Å²) in [6, 6.07) is 8.48. The van der Waals surface area contributed by atoms with Gasteiger partial charge in [-0.15, -0.1) is 0 Å². The summed E-state index contributed by atoms with van der Waals surface area (Å²) in [5.74, 6) is -0.380. The standard InChI is InChI=1S/C15H17N3O4/c1-11(2)22-15(20)10-21-13-5-3-12(4-6-13)9-17-18-14(19)7-8-16/h3-6,9,11H,7,10H2,1-2H3,(H,18,19)/b17-9-. The third-order valence-electron chi connectivity index (χ3n) is 2.25. The van der Waals surface area contributed by atoms with E-state index in [9.17, 15) is 9.59 Å². The molecule has 116 valence electrons. The van der Waals surface area contributed by atoms with Gasteiger partial charge in [-0.3, -0.25) is 4.79 Å². The van der Waals surface area contributed by atoms with Crippen molar-refractivity contribution in [3.05, 3.63) is 29.8 Å². The monoisotopic (exact) mass is 303 g/mol. The first-order valence-electron chi connectivity index (χ1n) is 6.62. The Morgan fingerprint density at radius 3 is 2.64 bits per heavy atom. The van der Waals surface area contributed by atoms with Gasteiger partial charge < -0.3 is 9.47 Å². The molecule has 0 fully saturated rings. The predicted octanol–water partition coefficient (Wildman–Crippen LogP) is 1.38. The molecule has 1 aromatic rings. The minimum Gasteiger partial charge on any atom is -0.482 e. The number of carbonyl (C=O) groups is 2. The number of rotatable bonds is 7. The molecule has 22 heavy (non-hydrogen) atoms. The van der Waals surface area contributed by atoms with Crippen molar-refractivity contribution in [1.82, 2.24) is 5.43 Å². The van der Waals surface area contributed by atoms with Gasteiger partial charge in [0.25, 0.3) is 5.91 Å². The highest BCUT2D eigenvalue weighted by Crippen LogP contribution is 2.11. The summed E-state index contributed by atoms with van der Waals surface area (Å²) in [5.41, 5.74) is 2.95. The molecule has 0 bridgehead atoms. The van der Waals surface area contributed by atoms with Gasteiger partial charge in [-0.25, -0.2) is 10.2 Å². The number of hydrogen-bond donors (Lipinski definition) is 1. The molecule has 1 amide bonds.